The predicted molar refractivity (Wildman–Crippen MR) is 89.8 cm³/mol. The van der Waals surface area contributed by atoms with Crippen molar-refractivity contribution in [2.75, 3.05) is 19.7 Å². The minimum absolute atomic E-state index is 0.0234. The lowest BCUT2D eigenvalue weighted by atomic mass is 10.2. The Morgan fingerprint density at radius 1 is 1.48 bits per heavy atom. The maximum atomic E-state index is 12.2. The highest BCUT2D eigenvalue weighted by Crippen LogP contribution is 2.17. The van der Waals surface area contributed by atoms with E-state index in [1.54, 1.807) is 29.2 Å². The highest BCUT2D eigenvalue weighted by atomic mass is 35.5. The molecule has 21 heavy (non-hydrogen) atoms. The second kappa shape index (κ2) is 8.85. The lowest BCUT2D eigenvalue weighted by Gasteiger charge is -2.24. The van der Waals surface area contributed by atoms with Gasteiger partial charge < -0.3 is 15.4 Å². The Hall–Kier alpha value is -1.33. The third-order valence-corrected chi connectivity index (χ3v) is 3.16. The molecule has 116 valence electrons. The molecule has 0 aliphatic carbocycles. The van der Waals surface area contributed by atoms with Crippen LogP contribution in [0, 0.1) is 5.92 Å². The smallest absolute Gasteiger partial charge is 0.260 e. The number of carbonyl (C=O) groups excluding carboxylic acids is 1. The van der Waals surface area contributed by atoms with E-state index in [4.69, 9.17) is 34.3 Å². The Morgan fingerprint density at radius 3 is 2.76 bits per heavy atom. The summed E-state index contributed by atoms with van der Waals surface area (Å²) >= 11 is 10.7. The molecule has 6 heteroatoms. The molecule has 0 heterocycles. The van der Waals surface area contributed by atoms with Crippen molar-refractivity contribution in [1.29, 1.82) is 0 Å². The predicted octanol–water partition coefficient (Wildman–Crippen LogP) is 2.88. The standard InChI is InChI=1S/C15H21ClN2O2S/c1-11(2)9-18(7-6-14(17)21)15(19)10-20-13-5-3-4-12(16)8-13/h3-5,8,11H,6-7,9-10H2,1-2H3,(H2,17,21). The van der Waals surface area contributed by atoms with Crippen LogP contribution in [-0.2, 0) is 4.79 Å². The van der Waals surface area contributed by atoms with E-state index in [2.05, 4.69) is 13.8 Å². The van der Waals surface area contributed by atoms with Crippen molar-refractivity contribution >= 4 is 34.7 Å². The molecule has 0 saturated carbocycles. The molecule has 1 aromatic carbocycles. The number of halogens is 1. The lowest BCUT2D eigenvalue weighted by molar-refractivity contribution is -0.133. The van der Waals surface area contributed by atoms with Crippen molar-refractivity contribution in [2.24, 2.45) is 11.7 Å². The van der Waals surface area contributed by atoms with E-state index in [1.165, 1.54) is 0 Å². The van der Waals surface area contributed by atoms with Crippen molar-refractivity contribution in [3.63, 3.8) is 0 Å². The molecule has 0 atom stereocenters. The zero-order valence-corrected chi connectivity index (χ0v) is 13.9. The second-order valence-electron chi connectivity index (χ2n) is 5.20. The summed E-state index contributed by atoms with van der Waals surface area (Å²) in [6.07, 6.45) is 0.519. The molecule has 4 nitrogen and oxygen atoms in total. The zero-order valence-electron chi connectivity index (χ0n) is 12.3. The van der Waals surface area contributed by atoms with Crippen molar-refractivity contribution in [1.82, 2.24) is 4.90 Å². The van der Waals surface area contributed by atoms with Gasteiger partial charge in [-0.05, 0) is 24.1 Å². The molecule has 0 spiro atoms. The molecule has 1 amide bonds. The number of rotatable bonds is 8. The van der Waals surface area contributed by atoms with E-state index in [1.807, 2.05) is 0 Å². The number of nitrogens with two attached hydrogens (primary N) is 1. The summed E-state index contributed by atoms with van der Waals surface area (Å²) in [5.74, 6) is 0.862. The summed E-state index contributed by atoms with van der Waals surface area (Å²) in [6.45, 7) is 5.26. The third kappa shape index (κ3) is 7.29. The second-order valence-corrected chi connectivity index (χ2v) is 6.16. The van der Waals surface area contributed by atoms with E-state index < -0.39 is 0 Å². The van der Waals surface area contributed by atoms with Gasteiger partial charge in [0.15, 0.2) is 6.61 Å². The first-order valence-corrected chi connectivity index (χ1v) is 7.61. The van der Waals surface area contributed by atoms with Crippen LogP contribution in [0.25, 0.3) is 0 Å². The highest BCUT2D eigenvalue weighted by Gasteiger charge is 2.15. The van der Waals surface area contributed by atoms with Gasteiger partial charge in [-0.25, -0.2) is 0 Å². The fourth-order valence-corrected chi connectivity index (χ4v) is 2.07. The summed E-state index contributed by atoms with van der Waals surface area (Å²) in [5.41, 5.74) is 5.50. The zero-order chi connectivity index (χ0) is 15.8. The molecule has 1 rings (SSSR count). The monoisotopic (exact) mass is 328 g/mol. The Labute approximate surface area is 136 Å². The SMILES string of the molecule is CC(C)CN(CCC(N)=S)C(=O)COc1cccc(Cl)c1. The Morgan fingerprint density at radius 2 is 2.19 bits per heavy atom. The topological polar surface area (TPSA) is 55.6 Å². The van der Waals surface area contributed by atoms with E-state index in [9.17, 15) is 4.79 Å². The molecule has 0 aliphatic heterocycles. The Kier molecular flexibility index (Phi) is 7.47. The van der Waals surface area contributed by atoms with Gasteiger partial charge in [-0.2, -0.15) is 0 Å². The van der Waals surface area contributed by atoms with Crippen LogP contribution in [-0.4, -0.2) is 35.5 Å². The third-order valence-electron chi connectivity index (χ3n) is 2.72. The number of hydrogen-bond acceptors (Lipinski definition) is 3. The number of amides is 1. The van der Waals surface area contributed by atoms with Crippen LogP contribution in [0.3, 0.4) is 0 Å². The van der Waals surface area contributed by atoms with Crippen molar-refractivity contribution in [3.8, 4) is 5.75 Å². The van der Waals surface area contributed by atoms with Gasteiger partial charge in [-0.1, -0.05) is 43.7 Å². The molecule has 1 aromatic rings. The maximum absolute atomic E-state index is 12.2. The number of carbonyl (C=O) groups is 1. The molecule has 0 aromatic heterocycles. The Bertz CT molecular complexity index is 494. The van der Waals surface area contributed by atoms with E-state index in [0.29, 0.717) is 41.2 Å². The van der Waals surface area contributed by atoms with Crippen molar-refractivity contribution < 1.29 is 9.53 Å². The number of ether oxygens (including phenoxy) is 1. The lowest BCUT2D eigenvalue weighted by Crippen LogP contribution is -2.39. The molecular formula is C15H21ClN2O2S. The largest absolute Gasteiger partial charge is 0.484 e. The van der Waals surface area contributed by atoms with Gasteiger partial charge in [0.1, 0.15) is 5.75 Å². The van der Waals surface area contributed by atoms with Crippen LogP contribution in [0.15, 0.2) is 24.3 Å². The molecule has 0 fully saturated rings. The van der Waals surface area contributed by atoms with Gasteiger partial charge in [-0.15, -0.1) is 0 Å². The minimum atomic E-state index is -0.0834. The number of thiocarbonyl (C=S) groups is 1. The van der Waals surface area contributed by atoms with E-state index >= 15 is 0 Å². The average molecular weight is 329 g/mol. The number of hydrogen-bond donors (Lipinski definition) is 1. The summed E-state index contributed by atoms with van der Waals surface area (Å²) in [7, 11) is 0. The van der Waals surface area contributed by atoms with Gasteiger partial charge in [0.2, 0.25) is 0 Å². The number of benzene rings is 1. The molecule has 0 aliphatic rings. The van der Waals surface area contributed by atoms with Gasteiger partial charge in [0.05, 0.1) is 4.99 Å². The van der Waals surface area contributed by atoms with Gasteiger partial charge in [-0.3, -0.25) is 4.79 Å². The number of nitrogens with zero attached hydrogens (tertiary/aromatic N) is 1. The van der Waals surface area contributed by atoms with Gasteiger partial charge in [0.25, 0.3) is 5.91 Å². The first-order chi connectivity index (χ1) is 9.88. The summed E-state index contributed by atoms with van der Waals surface area (Å²) in [4.78, 5) is 14.4. The first-order valence-electron chi connectivity index (χ1n) is 6.83. The van der Waals surface area contributed by atoms with Crippen molar-refractivity contribution in [2.45, 2.75) is 20.3 Å². The van der Waals surface area contributed by atoms with Crippen LogP contribution in [0.2, 0.25) is 5.02 Å². The fourth-order valence-electron chi connectivity index (χ4n) is 1.80. The van der Waals surface area contributed by atoms with Crippen LogP contribution >= 0.6 is 23.8 Å². The first kappa shape index (κ1) is 17.7. The minimum Gasteiger partial charge on any atom is -0.484 e. The van der Waals surface area contributed by atoms with Gasteiger partial charge in [0, 0.05) is 24.5 Å². The van der Waals surface area contributed by atoms with Gasteiger partial charge >= 0.3 is 0 Å². The quantitative estimate of drug-likeness (QED) is 0.745. The van der Waals surface area contributed by atoms with Crippen LogP contribution in [0.1, 0.15) is 20.3 Å². The summed E-state index contributed by atoms with van der Waals surface area (Å²) in [5, 5.41) is 0.576. The van der Waals surface area contributed by atoms with Crippen LogP contribution in [0.4, 0.5) is 0 Å². The van der Waals surface area contributed by atoms with Crippen LogP contribution < -0.4 is 10.5 Å². The normalized spacial score (nSPS) is 10.5. The van der Waals surface area contributed by atoms with Crippen molar-refractivity contribution in [3.05, 3.63) is 29.3 Å². The molecule has 0 unspecified atom stereocenters. The van der Waals surface area contributed by atoms with E-state index in [0.717, 1.165) is 0 Å². The molecule has 0 radical (unpaired) electrons. The molecule has 2 N–H and O–H groups in total. The fraction of sp³-hybridized carbons (Fsp3) is 0.467. The average Bonchev–Trinajstić information content (AvgIpc) is 2.40. The molecule has 0 saturated heterocycles. The summed E-state index contributed by atoms with van der Waals surface area (Å²) < 4.78 is 5.48. The van der Waals surface area contributed by atoms with E-state index in [-0.39, 0.29) is 12.5 Å². The highest BCUT2D eigenvalue weighted by molar-refractivity contribution is 7.80. The summed E-state index contributed by atoms with van der Waals surface area (Å²) in [6, 6.07) is 6.97. The van der Waals surface area contributed by atoms with Crippen LogP contribution in [0.5, 0.6) is 5.75 Å². The molecular weight excluding hydrogens is 308 g/mol. The molecule has 0 bridgehead atoms. The Balaban J connectivity index is 2.56. The maximum Gasteiger partial charge on any atom is 0.260 e.